The number of hydrogen-bond acceptors (Lipinski definition) is 4. The van der Waals surface area contributed by atoms with Crippen molar-refractivity contribution in [2.24, 2.45) is 0 Å². The Kier molecular flexibility index (Phi) is 5.79. The maximum atomic E-state index is 11.7. The molecule has 0 aliphatic heterocycles. The second-order valence-electron chi connectivity index (χ2n) is 6.00. The van der Waals surface area contributed by atoms with Crippen molar-refractivity contribution >= 4 is 5.82 Å². The molecule has 0 spiro atoms. The molecule has 1 heterocycles. The fraction of sp³-hybridized carbons (Fsp3) is 0.750. The van der Waals surface area contributed by atoms with Crippen molar-refractivity contribution in [3.63, 3.8) is 0 Å². The first-order chi connectivity index (χ1) is 10.1. The summed E-state index contributed by atoms with van der Waals surface area (Å²) in [5.41, 5.74) is -0.0512. The van der Waals surface area contributed by atoms with Crippen molar-refractivity contribution < 1.29 is 0 Å². The molecule has 1 aromatic rings. The summed E-state index contributed by atoms with van der Waals surface area (Å²) < 4.78 is 0. The van der Waals surface area contributed by atoms with Crippen LogP contribution in [-0.2, 0) is 0 Å². The molecule has 0 radical (unpaired) electrons. The highest BCUT2D eigenvalue weighted by molar-refractivity contribution is 5.35. The van der Waals surface area contributed by atoms with Gasteiger partial charge in [0.2, 0.25) is 0 Å². The number of aromatic amines is 1. The molecule has 1 unspecified atom stereocenters. The summed E-state index contributed by atoms with van der Waals surface area (Å²) in [6.07, 6.45) is 4.54. The summed E-state index contributed by atoms with van der Waals surface area (Å²) in [4.78, 5) is 21.5. The Labute approximate surface area is 127 Å². The molecular formula is C16H28N4O. The molecule has 0 aromatic carbocycles. The average molecular weight is 292 g/mol. The Balaban J connectivity index is 1.82. The Bertz CT molecular complexity index is 491. The first-order valence-corrected chi connectivity index (χ1v) is 8.22. The van der Waals surface area contributed by atoms with E-state index in [9.17, 15) is 4.79 Å². The molecule has 2 N–H and O–H groups in total. The van der Waals surface area contributed by atoms with Crippen LogP contribution in [0.15, 0.2) is 10.9 Å². The lowest BCUT2D eigenvalue weighted by molar-refractivity contribution is 0.295. The highest BCUT2D eigenvalue weighted by Gasteiger charge is 2.26. The van der Waals surface area contributed by atoms with Crippen LogP contribution < -0.4 is 10.9 Å². The zero-order chi connectivity index (χ0) is 15.2. The molecule has 21 heavy (non-hydrogen) atoms. The van der Waals surface area contributed by atoms with Gasteiger partial charge in [-0.25, -0.2) is 4.98 Å². The van der Waals surface area contributed by atoms with Gasteiger partial charge in [-0.1, -0.05) is 13.8 Å². The van der Waals surface area contributed by atoms with Gasteiger partial charge >= 0.3 is 0 Å². The van der Waals surface area contributed by atoms with Crippen LogP contribution in [0.1, 0.15) is 58.2 Å². The normalized spacial score (nSPS) is 16.2. The van der Waals surface area contributed by atoms with E-state index in [0.29, 0.717) is 12.0 Å². The first kappa shape index (κ1) is 16.0. The highest BCUT2D eigenvalue weighted by Crippen LogP contribution is 2.37. The van der Waals surface area contributed by atoms with E-state index in [1.54, 1.807) is 6.07 Å². The first-order valence-electron chi connectivity index (χ1n) is 8.22. The van der Waals surface area contributed by atoms with Gasteiger partial charge in [0.25, 0.3) is 5.56 Å². The molecule has 5 heteroatoms. The van der Waals surface area contributed by atoms with E-state index in [-0.39, 0.29) is 5.56 Å². The summed E-state index contributed by atoms with van der Waals surface area (Å²) in [6, 6.07) is 1.90. The average Bonchev–Trinajstić information content (AvgIpc) is 3.27. The third kappa shape index (κ3) is 5.16. The monoisotopic (exact) mass is 292 g/mol. The molecule has 0 amide bonds. The summed E-state index contributed by atoms with van der Waals surface area (Å²) >= 11 is 0. The number of nitrogens with zero attached hydrogens (tertiary/aromatic N) is 2. The minimum Gasteiger partial charge on any atom is -0.367 e. The van der Waals surface area contributed by atoms with E-state index < -0.39 is 0 Å². The van der Waals surface area contributed by atoms with Crippen molar-refractivity contribution in [1.82, 2.24) is 14.9 Å². The van der Waals surface area contributed by atoms with Gasteiger partial charge in [-0.15, -0.1) is 0 Å². The molecule has 0 bridgehead atoms. The lowest BCUT2D eigenvalue weighted by atomic mass is 10.1. The summed E-state index contributed by atoms with van der Waals surface area (Å²) in [5.74, 6) is 2.04. The van der Waals surface area contributed by atoms with Crippen LogP contribution in [-0.4, -0.2) is 40.5 Å². The molecular weight excluding hydrogens is 264 g/mol. The van der Waals surface area contributed by atoms with Crippen LogP contribution in [0.25, 0.3) is 0 Å². The van der Waals surface area contributed by atoms with Crippen LogP contribution in [0.2, 0.25) is 0 Å². The molecule has 2 rings (SSSR count). The summed E-state index contributed by atoms with van der Waals surface area (Å²) in [5, 5.41) is 3.37. The maximum Gasteiger partial charge on any atom is 0.252 e. The molecule has 1 atom stereocenters. The van der Waals surface area contributed by atoms with E-state index in [1.807, 2.05) is 0 Å². The number of nitrogens with one attached hydrogen (secondary N) is 2. The van der Waals surface area contributed by atoms with Gasteiger partial charge in [-0.2, -0.15) is 0 Å². The van der Waals surface area contributed by atoms with Crippen molar-refractivity contribution in [3.05, 3.63) is 22.2 Å². The van der Waals surface area contributed by atoms with Gasteiger partial charge in [0.05, 0.1) is 0 Å². The Hall–Kier alpha value is -1.36. The number of anilines is 1. The lowest BCUT2D eigenvalue weighted by Crippen LogP contribution is -2.26. The predicted octanol–water partition coefficient (Wildman–Crippen LogP) is 2.57. The minimum atomic E-state index is -0.0512. The fourth-order valence-electron chi connectivity index (χ4n) is 2.59. The zero-order valence-corrected chi connectivity index (χ0v) is 13.5. The van der Waals surface area contributed by atoms with Gasteiger partial charge in [0, 0.05) is 18.0 Å². The van der Waals surface area contributed by atoms with E-state index in [4.69, 9.17) is 0 Å². The fourth-order valence-corrected chi connectivity index (χ4v) is 2.59. The highest BCUT2D eigenvalue weighted by atomic mass is 16.1. The van der Waals surface area contributed by atoms with Gasteiger partial charge in [0.1, 0.15) is 11.6 Å². The molecule has 1 fully saturated rings. The lowest BCUT2D eigenvalue weighted by Gasteiger charge is -2.20. The number of H-pyrrole nitrogens is 1. The minimum absolute atomic E-state index is 0.0512. The number of rotatable bonds is 9. The van der Waals surface area contributed by atoms with Crippen molar-refractivity contribution in [2.45, 2.75) is 58.4 Å². The predicted molar refractivity (Wildman–Crippen MR) is 86.9 cm³/mol. The van der Waals surface area contributed by atoms with Crippen molar-refractivity contribution in [1.29, 1.82) is 0 Å². The molecule has 1 aromatic heterocycles. The second kappa shape index (κ2) is 7.59. The number of hydrogen-bond donors (Lipinski definition) is 2. The Morgan fingerprint density at radius 2 is 2.14 bits per heavy atom. The van der Waals surface area contributed by atoms with Crippen LogP contribution in [0, 0.1) is 0 Å². The van der Waals surface area contributed by atoms with Crippen LogP contribution in [0.5, 0.6) is 0 Å². The van der Waals surface area contributed by atoms with Gasteiger partial charge in [-0.05, 0) is 52.2 Å². The van der Waals surface area contributed by atoms with E-state index in [0.717, 1.165) is 57.0 Å². The smallest absolute Gasteiger partial charge is 0.252 e. The molecule has 1 aliphatic rings. The standard InChI is InChI=1S/C16H28N4O/c1-4-20(5-2)10-6-7-12(3)17-14-11-15(21)19-16(18-14)13-8-9-13/h11-13H,4-10H2,1-3H3,(H2,17,18,19,21). The molecule has 5 nitrogen and oxygen atoms in total. The van der Waals surface area contributed by atoms with E-state index >= 15 is 0 Å². The molecule has 0 saturated heterocycles. The molecule has 1 aliphatic carbocycles. The Morgan fingerprint density at radius 1 is 1.43 bits per heavy atom. The topological polar surface area (TPSA) is 61.0 Å². The zero-order valence-electron chi connectivity index (χ0n) is 13.5. The van der Waals surface area contributed by atoms with Crippen molar-refractivity contribution in [3.8, 4) is 0 Å². The largest absolute Gasteiger partial charge is 0.367 e. The number of aromatic nitrogens is 2. The molecule has 1 saturated carbocycles. The summed E-state index contributed by atoms with van der Waals surface area (Å²) in [7, 11) is 0. The van der Waals surface area contributed by atoms with E-state index in [2.05, 4.69) is 41.0 Å². The maximum absolute atomic E-state index is 11.7. The van der Waals surface area contributed by atoms with Gasteiger partial charge in [-0.3, -0.25) is 4.79 Å². The van der Waals surface area contributed by atoms with E-state index in [1.165, 1.54) is 0 Å². The van der Waals surface area contributed by atoms with Gasteiger partial charge in [0.15, 0.2) is 0 Å². The third-order valence-corrected chi connectivity index (χ3v) is 4.12. The quantitative estimate of drug-likeness (QED) is 0.734. The summed E-state index contributed by atoms with van der Waals surface area (Å²) in [6.45, 7) is 9.91. The van der Waals surface area contributed by atoms with Crippen LogP contribution >= 0.6 is 0 Å². The van der Waals surface area contributed by atoms with Crippen molar-refractivity contribution in [2.75, 3.05) is 25.0 Å². The Morgan fingerprint density at radius 3 is 2.76 bits per heavy atom. The second-order valence-corrected chi connectivity index (χ2v) is 6.00. The third-order valence-electron chi connectivity index (χ3n) is 4.12. The molecule has 118 valence electrons. The SMILES string of the molecule is CCN(CC)CCCC(C)Nc1cc(=O)[nH]c(C2CC2)n1. The van der Waals surface area contributed by atoms with Crippen LogP contribution in [0.3, 0.4) is 0 Å². The van der Waals surface area contributed by atoms with Gasteiger partial charge < -0.3 is 15.2 Å². The van der Waals surface area contributed by atoms with Crippen LogP contribution in [0.4, 0.5) is 5.82 Å².